The van der Waals surface area contributed by atoms with Crippen molar-refractivity contribution in [3.05, 3.63) is 87.7 Å². The van der Waals surface area contributed by atoms with Crippen LogP contribution in [-0.2, 0) is 6.42 Å². The molecule has 0 radical (unpaired) electrons. The molecule has 3 heterocycles. The summed E-state index contributed by atoms with van der Waals surface area (Å²) in [6, 6.07) is 12.9. The maximum atomic E-state index is 11.7. The first-order valence-corrected chi connectivity index (χ1v) is 9.09. The molecule has 1 N–H and O–H groups in total. The van der Waals surface area contributed by atoms with Gasteiger partial charge in [-0.2, -0.15) is 0 Å². The molecule has 0 spiro atoms. The van der Waals surface area contributed by atoms with Crippen molar-refractivity contribution >= 4 is 22.9 Å². The number of aromatic nitrogens is 4. The molecule has 0 saturated heterocycles. The molecule has 0 saturated carbocycles. The van der Waals surface area contributed by atoms with Crippen LogP contribution >= 0.6 is 22.9 Å². The summed E-state index contributed by atoms with van der Waals surface area (Å²) in [5.41, 5.74) is 2.73. The summed E-state index contributed by atoms with van der Waals surface area (Å²) < 4.78 is 0. The van der Waals surface area contributed by atoms with Crippen LogP contribution in [0.15, 0.2) is 65.8 Å². The Morgan fingerprint density at radius 2 is 1.77 bits per heavy atom. The molecule has 5 nitrogen and oxygen atoms in total. The number of thiazole rings is 1. The van der Waals surface area contributed by atoms with Crippen LogP contribution in [0, 0.1) is 0 Å². The summed E-state index contributed by atoms with van der Waals surface area (Å²) in [6.45, 7) is 0. The number of pyridine rings is 1. The van der Waals surface area contributed by atoms with Crippen LogP contribution in [0.5, 0.6) is 0 Å². The van der Waals surface area contributed by atoms with Gasteiger partial charge in [0.25, 0.3) is 5.56 Å². The Hall–Kier alpha value is -2.83. The van der Waals surface area contributed by atoms with Gasteiger partial charge >= 0.3 is 0 Å². The number of H-pyrrole nitrogens is 1. The van der Waals surface area contributed by atoms with Gasteiger partial charge in [-0.15, -0.1) is 11.3 Å². The summed E-state index contributed by atoms with van der Waals surface area (Å²) in [5, 5.41) is 1.55. The van der Waals surface area contributed by atoms with Crippen LogP contribution in [0.2, 0.25) is 5.02 Å². The van der Waals surface area contributed by atoms with Gasteiger partial charge in [-0.25, -0.2) is 9.97 Å². The molecule has 128 valence electrons. The fraction of sp³-hybridized carbons (Fsp3) is 0.0526. The molecular weight excluding hydrogens is 368 g/mol. The third kappa shape index (κ3) is 3.56. The van der Waals surface area contributed by atoms with E-state index in [2.05, 4.69) is 15.0 Å². The molecule has 0 unspecified atom stereocenters. The van der Waals surface area contributed by atoms with Crippen molar-refractivity contribution in [2.24, 2.45) is 0 Å². The van der Waals surface area contributed by atoms with Crippen molar-refractivity contribution < 1.29 is 0 Å². The minimum Gasteiger partial charge on any atom is -0.306 e. The van der Waals surface area contributed by atoms with Gasteiger partial charge < -0.3 is 4.98 Å². The lowest BCUT2D eigenvalue weighted by molar-refractivity contribution is 1.08. The topological polar surface area (TPSA) is 71.5 Å². The number of hydrogen-bond acceptors (Lipinski definition) is 5. The molecule has 0 amide bonds. The van der Waals surface area contributed by atoms with E-state index in [0.717, 1.165) is 26.7 Å². The third-order valence-electron chi connectivity index (χ3n) is 3.80. The van der Waals surface area contributed by atoms with Crippen molar-refractivity contribution in [2.75, 3.05) is 0 Å². The first-order valence-electron chi connectivity index (χ1n) is 7.89. The highest BCUT2D eigenvalue weighted by Crippen LogP contribution is 2.34. The second-order valence-electron chi connectivity index (χ2n) is 5.62. The standard InChI is InChI=1S/C19H13ClN4OS/c20-14-3-1-12(2-4-14)11-15-17(18-22-10-7-16(25)24-18)26-19(23-15)13-5-8-21-9-6-13/h1-10H,11H2,(H,22,24,25). The van der Waals surface area contributed by atoms with Crippen LogP contribution in [0.1, 0.15) is 11.3 Å². The SMILES string of the molecule is O=c1ccnc(-c2sc(-c3ccncc3)nc2Cc2ccc(Cl)cc2)[nH]1. The van der Waals surface area contributed by atoms with E-state index in [0.29, 0.717) is 17.3 Å². The second-order valence-corrected chi connectivity index (χ2v) is 7.05. The summed E-state index contributed by atoms with van der Waals surface area (Å²) >= 11 is 7.47. The molecule has 0 fully saturated rings. The van der Waals surface area contributed by atoms with Crippen LogP contribution in [0.3, 0.4) is 0 Å². The fourth-order valence-corrected chi connectivity index (χ4v) is 3.72. The predicted molar refractivity (Wildman–Crippen MR) is 103 cm³/mol. The monoisotopic (exact) mass is 380 g/mol. The van der Waals surface area contributed by atoms with Crippen molar-refractivity contribution in [2.45, 2.75) is 6.42 Å². The van der Waals surface area contributed by atoms with E-state index in [9.17, 15) is 4.79 Å². The van der Waals surface area contributed by atoms with Gasteiger partial charge in [0, 0.05) is 41.7 Å². The Bertz CT molecular complexity index is 1090. The number of benzene rings is 1. The second kappa shape index (κ2) is 7.19. The molecule has 3 aromatic heterocycles. The summed E-state index contributed by atoms with van der Waals surface area (Å²) in [7, 11) is 0. The smallest absolute Gasteiger partial charge is 0.251 e. The minimum absolute atomic E-state index is 0.189. The van der Waals surface area contributed by atoms with E-state index >= 15 is 0 Å². The van der Waals surface area contributed by atoms with Gasteiger partial charge in [0.05, 0.1) is 10.6 Å². The Balaban J connectivity index is 1.81. The highest BCUT2D eigenvalue weighted by Gasteiger charge is 2.16. The fourth-order valence-electron chi connectivity index (χ4n) is 2.56. The van der Waals surface area contributed by atoms with E-state index in [1.807, 2.05) is 36.4 Å². The van der Waals surface area contributed by atoms with E-state index in [1.165, 1.54) is 23.6 Å². The zero-order valence-electron chi connectivity index (χ0n) is 13.5. The maximum Gasteiger partial charge on any atom is 0.251 e. The van der Waals surface area contributed by atoms with Gasteiger partial charge in [0.15, 0.2) is 5.82 Å². The normalized spacial score (nSPS) is 10.8. The molecule has 4 aromatic rings. The summed E-state index contributed by atoms with van der Waals surface area (Å²) in [6.07, 6.45) is 5.59. The Morgan fingerprint density at radius 3 is 2.50 bits per heavy atom. The van der Waals surface area contributed by atoms with Crippen molar-refractivity contribution in [3.63, 3.8) is 0 Å². The van der Waals surface area contributed by atoms with E-state index in [1.54, 1.807) is 12.4 Å². The molecule has 0 bridgehead atoms. The Labute approximate surface area is 158 Å². The lowest BCUT2D eigenvalue weighted by atomic mass is 10.1. The molecule has 26 heavy (non-hydrogen) atoms. The summed E-state index contributed by atoms with van der Waals surface area (Å²) in [5.74, 6) is 0.527. The molecule has 0 aliphatic carbocycles. The minimum atomic E-state index is -0.189. The van der Waals surface area contributed by atoms with Gasteiger partial charge in [-0.05, 0) is 29.8 Å². The number of halogens is 1. The van der Waals surface area contributed by atoms with Gasteiger partial charge in [0.1, 0.15) is 5.01 Å². The lowest BCUT2D eigenvalue weighted by Crippen LogP contribution is -2.06. The molecule has 0 aliphatic heterocycles. The number of hydrogen-bond donors (Lipinski definition) is 1. The van der Waals surface area contributed by atoms with Crippen LogP contribution in [0.25, 0.3) is 21.3 Å². The first kappa shape index (κ1) is 16.6. The van der Waals surface area contributed by atoms with Crippen LogP contribution < -0.4 is 5.56 Å². The molecule has 0 atom stereocenters. The zero-order valence-corrected chi connectivity index (χ0v) is 15.1. The number of nitrogens with zero attached hydrogens (tertiary/aromatic N) is 3. The number of nitrogens with one attached hydrogen (secondary N) is 1. The number of rotatable bonds is 4. The van der Waals surface area contributed by atoms with E-state index < -0.39 is 0 Å². The average molecular weight is 381 g/mol. The number of aromatic amines is 1. The van der Waals surface area contributed by atoms with Crippen LogP contribution in [0.4, 0.5) is 0 Å². The highest BCUT2D eigenvalue weighted by atomic mass is 35.5. The van der Waals surface area contributed by atoms with Crippen molar-refractivity contribution in [1.29, 1.82) is 0 Å². The molecule has 1 aromatic carbocycles. The maximum absolute atomic E-state index is 11.7. The highest BCUT2D eigenvalue weighted by molar-refractivity contribution is 7.18. The molecule has 4 rings (SSSR count). The van der Waals surface area contributed by atoms with Crippen molar-refractivity contribution in [3.8, 4) is 21.3 Å². The Kier molecular flexibility index (Phi) is 4.60. The average Bonchev–Trinajstić information content (AvgIpc) is 3.08. The predicted octanol–water partition coefficient (Wildman–Crippen LogP) is 4.20. The molecular formula is C19H13ClN4OS. The van der Waals surface area contributed by atoms with Crippen LogP contribution in [-0.4, -0.2) is 19.9 Å². The van der Waals surface area contributed by atoms with Gasteiger partial charge in [-0.3, -0.25) is 9.78 Å². The van der Waals surface area contributed by atoms with Gasteiger partial charge in [0.2, 0.25) is 0 Å². The van der Waals surface area contributed by atoms with Crippen molar-refractivity contribution in [1.82, 2.24) is 19.9 Å². The van der Waals surface area contributed by atoms with E-state index in [4.69, 9.17) is 16.6 Å². The Morgan fingerprint density at radius 1 is 1.00 bits per heavy atom. The first-order chi connectivity index (χ1) is 12.7. The largest absolute Gasteiger partial charge is 0.306 e. The molecule has 0 aliphatic rings. The van der Waals surface area contributed by atoms with E-state index in [-0.39, 0.29) is 5.56 Å². The quantitative estimate of drug-likeness (QED) is 0.576. The zero-order chi connectivity index (χ0) is 17.9. The third-order valence-corrected chi connectivity index (χ3v) is 5.20. The summed E-state index contributed by atoms with van der Waals surface area (Å²) in [4.78, 5) is 28.5. The molecule has 7 heteroatoms. The van der Waals surface area contributed by atoms with Gasteiger partial charge in [-0.1, -0.05) is 23.7 Å². The lowest BCUT2D eigenvalue weighted by Gasteiger charge is -2.02.